The first-order chi connectivity index (χ1) is 7.83. The van der Waals surface area contributed by atoms with E-state index in [0.717, 1.165) is 36.5 Å². The predicted octanol–water partition coefficient (Wildman–Crippen LogP) is 1.92. The Bertz CT molecular complexity index is 465. The van der Waals surface area contributed by atoms with Crippen molar-refractivity contribution in [1.29, 1.82) is 0 Å². The molecule has 0 atom stereocenters. The van der Waals surface area contributed by atoms with Crippen LogP contribution in [0, 0.1) is 0 Å². The van der Waals surface area contributed by atoms with Gasteiger partial charge in [0.05, 0.1) is 12.8 Å². The van der Waals surface area contributed by atoms with Crippen LogP contribution in [0.2, 0.25) is 0 Å². The van der Waals surface area contributed by atoms with Gasteiger partial charge in [-0.1, -0.05) is 0 Å². The predicted molar refractivity (Wildman–Crippen MR) is 61.9 cm³/mol. The van der Waals surface area contributed by atoms with Gasteiger partial charge in [-0.05, 0) is 18.9 Å². The van der Waals surface area contributed by atoms with E-state index in [9.17, 15) is 0 Å². The fourth-order valence-corrected chi connectivity index (χ4v) is 1.66. The van der Waals surface area contributed by atoms with E-state index in [-0.39, 0.29) is 0 Å². The van der Waals surface area contributed by atoms with Gasteiger partial charge in [-0.15, -0.1) is 0 Å². The lowest BCUT2D eigenvalue weighted by molar-refractivity contribution is 0.195. The molecule has 0 amide bonds. The molecule has 86 valence electrons. The van der Waals surface area contributed by atoms with E-state index < -0.39 is 0 Å². The monoisotopic (exact) mass is 220 g/mol. The number of pyridine rings is 1. The molecule has 2 aromatic heterocycles. The van der Waals surface area contributed by atoms with Crippen molar-refractivity contribution in [2.75, 3.05) is 20.8 Å². The summed E-state index contributed by atoms with van der Waals surface area (Å²) in [5, 5.41) is 0. The van der Waals surface area contributed by atoms with Crippen molar-refractivity contribution in [3.8, 4) is 5.75 Å². The molecule has 16 heavy (non-hydrogen) atoms. The normalized spacial score (nSPS) is 10.9. The minimum Gasteiger partial charge on any atom is -0.497 e. The quantitative estimate of drug-likeness (QED) is 0.722. The van der Waals surface area contributed by atoms with Crippen LogP contribution < -0.4 is 4.74 Å². The van der Waals surface area contributed by atoms with Gasteiger partial charge in [0.1, 0.15) is 11.4 Å². The second kappa shape index (κ2) is 4.99. The highest BCUT2D eigenvalue weighted by molar-refractivity contribution is 5.45. The number of methoxy groups -OCH3 is 2. The van der Waals surface area contributed by atoms with Gasteiger partial charge in [-0.2, -0.15) is 0 Å². The summed E-state index contributed by atoms with van der Waals surface area (Å²) in [5.41, 5.74) is 2.01. The van der Waals surface area contributed by atoms with Crippen LogP contribution >= 0.6 is 0 Å². The minimum atomic E-state index is 0.775. The third kappa shape index (κ3) is 2.33. The van der Waals surface area contributed by atoms with Crippen molar-refractivity contribution in [3.05, 3.63) is 30.2 Å². The molecule has 4 heteroatoms. The van der Waals surface area contributed by atoms with Crippen LogP contribution in [0.5, 0.6) is 5.75 Å². The number of aryl methyl sites for hydroxylation is 1. The number of hydrogen-bond acceptors (Lipinski definition) is 3. The maximum atomic E-state index is 5.16. The number of fused-ring (bicyclic) bond motifs is 1. The SMILES string of the molecule is COCCCc1cn2ccc(OC)cc2n1. The Kier molecular flexibility index (Phi) is 3.41. The Morgan fingerprint density at radius 2 is 2.25 bits per heavy atom. The maximum Gasteiger partial charge on any atom is 0.140 e. The second-order valence-electron chi connectivity index (χ2n) is 3.66. The molecule has 0 bridgehead atoms. The fourth-order valence-electron chi connectivity index (χ4n) is 1.66. The summed E-state index contributed by atoms with van der Waals surface area (Å²) < 4.78 is 12.2. The van der Waals surface area contributed by atoms with Crippen molar-refractivity contribution in [1.82, 2.24) is 9.38 Å². The molecule has 2 heterocycles. The van der Waals surface area contributed by atoms with Gasteiger partial charge < -0.3 is 13.9 Å². The number of ether oxygens (including phenoxy) is 2. The first-order valence-corrected chi connectivity index (χ1v) is 5.34. The lowest BCUT2D eigenvalue weighted by Crippen LogP contribution is -1.92. The zero-order chi connectivity index (χ0) is 11.4. The van der Waals surface area contributed by atoms with E-state index in [0.29, 0.717) is 0 Å². The molecule has 2 aromatic rings. The summed E-state index contributed by atoms with van der Waals surface area (Å²) in [4.78, 5) is 4.52. The summed E-state index contributed by atoms with van der Waals surface area (Å²) >= 11 is 0. The standard InChI is InChI=1S/C12H16N2O2/c1-15-7-3-4-10-9-14-6-5-11(16-2)8-12(14)13-10/h5-6,8-9H,3-4,7H2,1-2H3. The van der Waals surface area contributed by atoms with Crippen molar-refractivity contribution >= 4 is 5.65 Å². The molecule has 4 nitrogen and oxygen atoms in total. The highest BCUT2D eigenvalue weighted by Crippen LogP contribution is 2.14. The first-order valence-electron chi connectivity index (χ1n) is 5.34. The Hall–Kier alpha value is -1.55. The van der Waals surface area contributed by atoms with Crippen LogP contribution in [0.4, 0.5) is 0 Å². The number of hydrogen-bond donors (Lipinski definition) is 0. The van der Waals surface area contributed by atoms with E-state index in [4.69, 9.17) is 9.47 Å². The fraction of sp³-hybridized carbons (Fsp3) is 0.417. The molecule has 2 rings (SSSR count). The van der Waals surface area contributed by atoms with Crippen LogP contribution in [0.1, 0.15) is 12.1 Å². The molecule has 0 saturated carbocycles. The summed E-state index contributed by atoms with van der Waals surface area (Å²) in [5.74, 6) is 0.835. The molecule has 0 fully saturated rings. The molecular weight excluding hydrogens is 204 g/mol. The van der Waals surface area contributed by atoms with Crippen LogP contribution in [0.25, 0.3) is 5.65 Å². The Balaban J connectivity index is 2.16. The zero-order valence-electron chi connectivity index (χ0n) is 9.64. The van der Waals surface area contributed by atoms with Crippen molar-refractivity contribution in [3.63, 3.8) is 0 Å². The first kappa shape index (κ1) is 11.0. The second-order valence-corrected chi connectivity index (χ2v) is 3.66. The molecule has 0 aliphatic heterocycles. The summed E-state index contributed by atoms with van der Waals surface area (Å²) in [7, 11) is 3.38. The molecule has 0 N–H and O–H groups in total. The average Bonchev–Trinajstić information content (AvgIpc) is 2.70. The van der Waals surface area contributed by atoms with Gasteiger partial charge in [0, 0.05) is 32.2 Å². The van der Waals surface area contributed by atoms with Gasteiger partial charge in [0.25, 0.3) is 0 Å². The summed E-state index contributed by atoms with van der Waals surface area (Å²) in [6.07, 6.45) is 5.95. The van der Waals surface area contributed by atoms with E-state index >= 15 is 0 Å². The van der Waals surface area contributed by atoms with E-state index in [1.165, 1.54) is 0 Å². The molecule has 0 aliphatic carbocycles. The van der Waals surface area contributed by atoms with E-state index in [1.54, 1.807) is 14.2 Å². The largest absolute Gasteiger partial charge is 0.497 e. The van der Waals surface area contributed by atoms with Gasteiger partial charge in [-0.25, -0.2) is 4.98 Å². The number of nitrogens with zero attached hydrogens (tertiary/aromatic N) is 2. The number of aromatic nitrogens is 2. The van der Waals surface area contributed by atoms with Crippen LogP contribution in [0.15, 0.2) is 24.5 Å². The molecule has 0 spiro atoms. The maximum absolute atomic E-state index is 5.16. The summed E-state index contributed by atoms with van der Waals surface area (Å²) in [6.45, 7) is 0.775. The smallest absolute Gasteiger partial charge is 0.140 e. The van der Waals surface area contributed by atoms with Gasteiger partial charge >= 0.3 is 0 Å². The lowest BCUT2D eigenvalue weighted by atomic mass is 10.3. The lowest BCUT2D eigenvalue weighted by Gasteiger charge is -1.98. The summed E-state index contributed by atoms with van der Waals surface area (Å²) in [6, 6.07) is 3.85. The Morgan fingerprint density at radius 1 is 1.38 bits per heavy atom. The molecule has 0 radical (unpaired) electrons. The van der Waals surface area contributed by atoms with Crippen molar-refractivity contribution in [2.24, 2.45) is 0 Å². The zero-order valence-corrected chi connectivity index (χ0v) is 9.64. The van der Waals surface area contributed by atoms with Crippen molar-refractivity contribution < 1.29 is 9.47 Å². The Morgan fingerprint density at radius 3 is 3.00 bits per heavy atom. The topological polar surface area (TPSA) is 35.8 Å². The van der Waals surface area contributed by atoms with Crippen LogP contribution in [0.3, 0.4) is 0 Å². The van der Waals surface area contributed by atoms with Crippen LogP contribution in [-0.4, -0.2) is 30.2 Å². The highest BCUT2D eigenvalue weighted by atomic mass is 16.5. The number of rotatable bonds is 5. The molecular formula is C12H16N2O2. The molecule has 0 aliphatic rings. The highest BCUT2D eigenvalue weighted by Gasteiger charge is 2.02. The third-order valence-electron chi connectivity index (χ3n) is 2.50. The van der Waals surface area contributed by atoms with Crippen molar-refractivity contribution in [2.45, 2.75) is 12.8 Å². The minimum absolute atomic E-state index is 0.775. The van der Waals surface area contributed by atoms with E-state index in [1.807, 2.05) is 28.9 Å². The van der Waals surface area contributed by atoms with E-state index in [2.05, 4.69) is 4.98 Å². The molecule has 0 saturated heterocycles. The van der Waals surface area contributed by atoms with Gasteiger partial charge in [0.15, 0.2) is 0 Å². The van der Waals surface area contributed by atoms with Gasteiger partial charge in [0.2, 0.25) is 0 Å². The molecule has 0 aromatic carbocycles. The third-order valence-corrected chi connectivity index (χ3v) is 2.50. The average molecular weight is 220 g/mol. The van der Waals surface area contributed by atoms with Gasteiger partial charge in [-0.3, -0.25) is 0 Å². The number of imidazole rings is 1. The Labute approximate surface area is 94.8 Å². The molecule has 0 unspecified atom stereocenters. The van der Waals surface area contributed by atoms with Crippen LogP contribution in [-0.2, 0) is 11.2 Å².